The molecule has 274 valence electrons. The number of likely N-dealkylation sites (tertiary alicyclic amines) is 2. The zero-order valence-electron chi connectivity index (χ0n) is 29.5. The highest BCUT2D eigenvalue weighted by Gasteiger charge is 2.40. The molecule has 0 aliphatic carbocycles. The topological polar surface area (TPSA) is 162 Å². The number of aromatic nitrogens is 2. The molecule has 2 aromatic heterocycles. The van der Waals surface area contributed by atoms with Crippen molar-refractivity contribution in [2.24, 2.45) is 0 Å². The van der Waals surface area contributed by atoms with Crippen molar-refractivity contribution in [1.82, 2.24) is 19.8 Å². The lowest BCUT2D eigenvalue weighted by atomic mass is 9.91. The zero-order valence-corrected chi connectivity index (χ0v) is 31.1. The Bertz CT molecular complexity index is 2170. The van der Waals surface area contributed by atoms with Crippen molar-refractivity contribution in [3.63, 3.8) is 0 Å². The van der Waals surface area contributed by atoms with Crippen LogP contribution in [0, 0.1) is 17.1 Å². The largest absolute Gasteiger partial charge is 0.461 e. The van der Waals surface area contributed by atoms with Gasteiger partial charge in [-0.2, -0.15) is 15.2 Å². The average Bonchev–Trinajstić information content (AvgIpc) is 3.88. The van der Waals surface area contributed by atoms with Gasteiger partial charge in [-0.25, -0.2) is 9.18 Å². The van der Waals surface area contributed by atoms with E-state index in [2.05, 4.69) is 21.6 Å². The second-order valence-electron chi connectivity index (χ2n) is 14.5. The van der Waals surface area contributed by atoms with Crippen LogP contribution in [0.1, 0.15) is 56.7 Å². The molecule has 0 saturated carbocycles. The van der Waals surface area contributed by atoms with E-state index in [0.29, 0.717) is 46.4 Å². The number of halogens is 2. The molecule has 0 bridgehead atoms. The Kier molecular flexibility index (Phi) is 9.41. The zero-order chi connectivity index (χ0) is 37.1. The van der Waals surface area contributed by atoms with Crippen molar-refractivity contribution in [2.45, 2.75) is 70.4 Å². The fraction of sp³-hybridized carbons (Fsp3) is 0.472. The number of aliphatic hydroxyl groups excluding tert-OH is 1. The van der Waals surface area contributed by atoms with Crippen molar-refractivity contribution < 1.29 is 33.3 Å². The van der Waals surface area contributed by atoms with Crippen molar-refractivity contribution in [2.75, 3.05) is 51.0 Å². The highest BCUT2D eigenvalue weighted by molar-refractivity contribution is 7.23. The first-order valence-electron chi connectivity index (χ1n) is 17.0. The summed E-state index contributed by atoms with van der Waals surface area (Å²) in [6.45, 7) is 6.86. The smallest absolute Gasteiger partial charge is 0.412 e. The van der Waals surface area contributed by atoms with E-state index in [1.165, 1.54) is 6.07 Å². The van der Waals surface area contributed by atoms with Crippen molar-refractivity contribution in [3.8, 4) is 23.2 Å². The molecule has 2 amide bonds. The van der Waals surface area contributed by atoms with Gasteiger partial charge in [0.05, 0.1) is 51.5 Å². The van der Waals surface area contributed by atoms with E-state index in [1.54, 1.807) is 38.8 Å². The van der Waals surface area contributed by atoms with E-state index in [1.807, 2.05) is 7.05 Å². The number of hydrogen-bond donors (Lipinski definition) is 3. The molecule has 7 rings (SSSR count). The van der Waals surface area contributed by atoms with Crippen LogP contribution in [-0.4, -0.2) is 94.5 Å². The van der Waals surface area contributed by atoms with Gasteiger partial charge in [-0.05, 0) is 76.4 Å². The first-order chi connectivity index (χ1) is 24.7. The number of nitrogens with one attached hydrogen (secondary N) is 2. The molecule has 3 aliphatic rings. The number of aliphatic hydroxyl groups is 1. The van der Waals surface area contributed by atoms with Crippen molar-refractivity contribution in [1.29, 1.82) is 5.26 Å². The summed E-state index contributed by atoms with van der Waals surface area (Å²) >= 11 is 8.29. The summed E-state index contributed by atoms with van der Waals surface area (Å²) in [6.07, 6.45) is 1.41. The highest BCUT2D eigenvalue weighted by Crippen LogP contribution is 2.50. The molecule has 5 heterocycles. The molecule has 3 N–H and O–H groups in total. The van der Waals surface area contributed by atoms with Crippen molar-refractivity contribution >= 4 is 66.7 Å². The maximum absolute atomic E-state index is 15.5. The number of fused-ring (bicyclic) bond motifs is 4. The fourth-order valence-corrected chi connectivity index (χ4v) is 8.67. The standard InChI is InChI=1S/C36H39ClFN7O6S/c1-35(2,3)51-34(48)43-31-19(13-39)25-18(7-8-22(38)29(25)52-31)24-20-14-49-15-21(20)26-28(27(24)37)41-33(50-17-36(16-46)10-6-11-45(36)5)42-30(26)40-23-9-12-44(4)32(23)47/h7-8,23,46H,6,9-12,14-17H2,1-5H3,(H,43,48)(H,40,41,42)/t23-,36?/m1/s1. The molecular weight excluding hydrogens is 713 g/mol. The second-order valence-corrected chi connectivity index (χ2v) is 15.9. The van der Waals surface area contributed by atoms with Crippen LogP contribution in [0.3, 0.4) is 0 Å². The molecule has 1 unspecified atom stereocenters. The minimum atomic E-state index is -0.798. The summed E-state index contributed by atoms with van der Waals surface area (Å²) in [6, 6.07) is 4.45. The Labute approximate surface area is 308 Å². The van der Waals surface area contributed by atoms with Gasteiger partial charge in [-0.3, -0.25) is 15.0 Å². The number of anilines is 2. The SMILES string of the molecule is CN1CC[C@@H](Nc2nc(OCC3(CO)CCCN3C)nc3c(Cl)c(-c4ccc(F)c5sc(NC(=O)OC(C)(C)C)c(C#N)c45)c4c(c23)COC4)C1=O. The van der Waals surface area contributed by atoms with Crippen LogP contribution in [0.4, 0.5) is 20.0 Å². The Morgan fingerprint density at radius 3 is 2.65 bits per heavy atom. The first-order valence-corrected chi connectivity index (χ1v) is 18.2. The number of amides is 2. The number of carbonyl (C=O) groups excluding carboxylic acids is 2. The lowest BCUT2D eigenvalue weighted by Crippen LogP contribution is -2.49. The van der Waals surface area contributed by atoms with Crippen LogP contribution < -0.4 is 15.4 Å². The third-order valence-electron chi connectivity index (χ3n) is 10.0. The summed E-state index contributed by atoms with van der Waals surface area (Å²) in [5.41, 5.74) is 1.30. The third kappa shape index (κ3) is 6.26. The molecular formula is C36H39ClFN7O6S. The molecule has 3 aliphatic heterocycles. The number of nitrogens with zero attached hydrogens (tertiary/aromatic N) is 5. The van der Waals surface area contributed by atoms with Gasteiger partial charge in [0, 0.05) is 24.5 Å². The lowest BCUT2D eigenvalue weighted by molar-refractivity contribution is -0.127. The highest BCUT2D eigenvalue weighted by atomic mass is 35.5. The van der Waals surface area contributed by atoms with Crippen LogP contribution in [0.15, 0.2) is 12.1 Å². The summed E-state index contributed by atoms with van der Waals surface area (Å²) in [4.78, 5) is 39.1. The fourth-order valence-electron chi connectivity index (χ4n) is 7.25. The van der Waals surface area contributed by atoms with Gasteiger partial charge >= 0.3 is 12.1 Å². The monoisotopic (exact) mass is 751 g/mol. The molecule has 0 spiro atoms. The number of benzene rings is 2. The van der Waals surface area contributed by atoms with Crippen LogP contribution in [0.2, 0.25) is 5.02 Å². The molecule has 2 fully saturated rings. The Morgan fingerprint density at radius 1 is 1.23 bits per heavy atom. The second kappa shape index (κ2) is 13.6. The van der Waals surface area contributed by atoms with Gasteiger partial charge in [0.1, 0.15) is 41.0 Å². The summed E-state index contributed by atoms with van der Waals surface area (Å²) < 4.78 is 33.3. The summed E-state index contributed by atoms with van der Waals surface area (Å²) in [5.74, 6) is -0.307. The summed E-state index contributed by atoms with van der Waals surface area (Å²) in [5, 5.41) is 27.9. The predicted octanol–water partition coefficient (Wildman–Crippen LogP) is 6.03. The van der Waals surface area contributed by atoms with Gasteiger partial charge < -0.3 is 29.5 Å². The number of carbonyl (C=O) groups is 2. The van der Waals surface area contributed by atoms with E-state index in [9.17, 15) is 20.0 Å². The van der Waals surface area contributed by atoms with Crippen molar-refractivity contribution in [3.05, 3.63) is 39.7 Å². The van der Waals surface area contributed by atoms with Crippen LogP contribution in [0.25, 0.3) is 32.1 Å². The van der Waals surface area contributed by atoms with E-state index < -0.39 is 29.1 Å². The lowest BCUT2D eigenvalue weighted by Gasteiger charge is -2.33. The molecule has 2 saturated heterocycles. The normalized spacial score (nSPS) is 20.5. The Morgan fingerprint density at radius 2 is 2.00 bits per heavy atom. The number of ether oxygens (including phenoxy) is 3. The van der Waals surface area contributed by atoms with Gasteiger partial charge in [-0.15, -0.1) is 11.3 Å². The quantitative estimate of drug-likeness (QED) is 0.193. The molecule has 16 heteroatoms. The van der Waals surface area contributed by atoms with Gasteiger partial charge in [0.25, 0.3) is 0 Å². The van der Waals surface area contributed by atoms with Gasteiger partial charge in [-0.1, -0.05) is 17.7 Å². The maximum atomic E-state index is 15.5. The van der Waals surface area contributed by atoms with Gasteiger partial charge in [0.2, 0.25) is 5.91 Å². The molecule has 4 aromatic rings. The minimum Gasteiger partial charge on any atom is -0.461 e. The van der Waals surface area contributed by atoms with Crippen LogP contribution in [-0.2, 0) is 27.5 Å². The van der Waals surface area contributed by atoms with E-state index in [4.69, 9.17) is 35.8 Å². The minimum absolute atomic E-state index is 0.00464. The first kappa shape index (κ1) is 36.0. The molecule has 2 aromatic carbocycles. The Balaban J connectivity index is 1.42. The Hall–Kier alpha value is -4.33. The van der Waals surface area contributed by atoms with Crippen LogP contribution >= 0.6 is 22.9 Å². The molecule has 52 heavy (non-hydrogen) atoms. The average molecular weight is 752 g/mol. The predicted molar refractivity (Wildman–Crippen MR) is 195 cm³/mol. The number of likely N-dealkylation sites (N-methyl/N-ethyl adjacent to an activating group) is 2. The molecule has 0 radical (unpaired) electrons. The van der Waals surface area contributed by atoms with Crippen LogP contribution in [0.5, 0.6) is 6.01 Å². The molecule has 2 atom stereocenters. The van der Waals surface area contributed by atoms with E-state index >= 15 is 4.39 Å². The van der Waals surface area contributed by atoms with Gasteiger partial charge in [0.15, 0.2) is 0 Å². The number of rotatable bonds is 8. The summed E-state index contributed by atoms with van der Waals surface area (Å²) in [7, 11) is 3.68. The number of thiophene rings is 1. The van der Waals surface area contributed by atoms with E-state index in [0.717, 1.165) is 36.3 Å². The molecule has 13 nitrogen and oxygen atoms in total. The number of hydrogen-bond acceptors (Lipinski definition) is 12. The number of nitriles is 1. The maximum Gasteiger partial charge on any atom is 0.412 e. The van der Waals surface area contributed by atoms with E-state index in [-0.39, 0.29) is 64.0 Å². The third-order valence-corrected chi connectivity index (χ3v) is 11.5.